The molecule has 0 saturated heterocycles. The van der Waals surface area contributed by atoms with Gasteiger partial charge >= 0.3 is 0 Å². The molecule has 0 aromatic heterocycles. The molecule has 0 bridgehead atoms. The largest absolute Gasteiger partial charge is 0.507 e. The summed E-state index contributed by atoms with van der Waals surface area (Å²) in [7, 11) is 0. The Morgan fingerprint density at radius 1 is 1.05 bits per heavy atom. The normalized spacial score (nSPS) is 35.6. The van der Waals surface area contributed by atoms with Gasteiger partial charge in [0, 0.05) is 25.2 Å². The van der Waals surface area contributed by atoms with Gasteiger partial charge < -0.3 is 15.9 Å². The summed E-state index contributed by atoms with van der Waals surface area (Å²) >= 11 is 0. The number of aromatic hydroxyl groups is 1. The Hall–Kier alpha value is -3.20. The van der Waals surface area contributed by atoms with Crippen LogP contribution < -0.4 is 5.73 Å². The second kappa shape index (κ2) is 8.97. The summed E-state index contributed by atoms with van der Waals surface area (Å²) in [6.07, 6.45) is 3.71. The number of hydrogen-bond donors (Lipinski definition) is 3. The summed E-state index contributed by atoms with van der Waals surface area (Å²) in [6, 6.07) is 4.59. The maximum atomic E-state index is 13.9. The van der Waals surface area contributed by atoms with E-state index in [9.17, 15) is 39.0 Å². The van der Waals surface area contributed by atoms with E-state index in [0.29, 0.717) is 12.0 Å². The molecule has 37 heavy (non-hydrogen) atoms. The third-order valence-corrected chi connectivity index (χ3v) is 9.38. The molecule has 0 heterocycles. The number of amides is 1. The molecule has 3 fully saturated rings. The van der Waals surface area contributed by atoms with Crippen molar-refractivity contribution in [2.45, 2.75) is 63.4 Å². The van der Waals surface area contributed by atoms with E-state index in [1.54, 1.807) is 19.1 Å². The van der Waals surface area contributed by atoms with Gasteiger partial charge in [-0.25, -0.2) is 0 Å². The molecule has 0 radical (unpaired) electrons. The lowest BCUT2D eigenvalue weighted by Crippen LogP contribution is -2.71. The second-order valence-corrected chi connectivity index (χ2v) is 11.3. The molecule has 4 aliphatic rings. The van der Waals surface area contributed by atoms with Gasteiger partial charge in [0.25, 0.3) is 0 Å². The SMILES string of the molecule is C[C@H]1c2cccc(O)c2C(=O)C2C(=O)[C@]3(O)C(=O)C(C(N)=O)C(=O)C[C@@H]3[C@@H](CC(=O)CC3CCCC3)[C@@H]21. The molecule has 4 aliphatic carbocycles. The standard InChI is InChI=1S/C28H31NO8/c1-12-15-7-4-8-18(31)21(15)24(33)23-20(12)16(10-14(30)9-13-5-2-3-6-13)17-11-19(32)22(27(29)36)25(34)28(17,37)26(23)35/h4,7-8,12-13,16-17,20,22-23,31,37H,2-3,5-6,9-11H2,1H3,(H2,29,36)/t12-,16+,17+,20-,22?,23?,28+/m0/s1. The number of phenols is 1. The molecule has 4 N–H and O–H groups in total. The minimum Gasteiger partial charge on any atom is -0.507 e. The maximum absolute atomic E-state index is 13.9. The summed E-state index contributed by atoms with van der Waals surface area (Å²) in [5.41, 5.74) is 2.95. The lowest BCUT2D eigenvalue weighted by molar-refractivity contribution is -0.183. The van der Waals surface area contributed by atoms with Crippen LogP contribution in [0.5, 0.6) is 5.75 Å². The van der Waals surface area contributed by atoms with Crippen LogP contribution in [0.4, 0.5) is 0 Å². The van der Waals surface area contributed by atoms with E-state index in [2.05, 4.69) is 0 Å². The van der Waals surface area contributed by atoms with Crippen LogP contribution in [0, 0.1) is 35.5 Å². The van der Waals surface area contributed by atoms with Crippen molar-refractivity contribution in [3.05, 3.63) is 29.3 Å². The van der Waals surface area contributed by atoms with Crippen LogP contribution in [-0.4, -0.2) is 50.6 Å². The van der Waals surface area contributed by atoms with Gasteiger partial charge in [0.2, 0.25) is 5.91 Å². The topological polar surface area (TPSA) is 169 Å². The summed E-state index contributed by atoms with van der Waals surface area (Å²) < 4.78 is 0. The fraction of sp³-hybridized carbons (Fsp3) is 0.571. The number of rotatable bonds is 5. The number of nitrogens with two attached hydrogens (primary N) is 1. The molecule has 2 unspecified atom stereocenters. The molecule has 1 aromatic carbocycles. The van der Waals surface area contributed by atoms with Crippen molar-refractivity contribution in [2.24, 2.45) is 41.2 Å². The summed E-state index contributed by atoms with van der Waals surface area (Å²) in [4.78, 5) is 79.1. The van der Waals surface area contributed by atoms with Crippen LogP contribution in [0.1, 0.15) is 73.7 Å². The number of fused-ring (bicyclic) bond motifs is 3. The first kappa shape index (κ1) is 25.4. The Labute approximate surface area is 213 Å². The maximum Gasteiger partial charge on any atom is 0.235 e. The van der Waals surface area contributed by atoms with E-state index >= 15 is 0 Å². The van der Waals surface area contributed by atoms with E-state index in [1.165, 1.54) is 6.07 Å². The number of benzene rings is 1. The van der Waals surface area contributed by atoms with E-state index in [-0.39, 0.29) is 29.4 Å². The third kappa shape index (κ3) is 3.69. The quantitative estimate of drug-likeness (QED) is 0.503. The van der Waals surface area contributed by atoms with Gasteiger partial charge in [0.1, 0.15) is 11.5 Å². The first-order chi connectivity index (χ1) is 17.5. The summed E-state index contributed by atoms with van der Waals surface area (Å²) in [5.74, 6) is -12.2. The van der Waals surface area contributed by atoms with E-state index in [4.69, 9.17) is 5.73 Å². The molecule has 3 saturated carbocycles. The van der Waals surface area contributed by atoms with Crippen LogP contribution in [0.2, 0.25) is 0 Å². The zero-order valence-corrected chi connectivity index (χ0v) is 20.6. The zero-order valence-electron chi connectivity index (χ0n) is 20.6. The Balaban J connectivity index is 1.63. The first-order valence-corrected chi connectivity index (χ1v) is 13.0. The predicted octanol–water partition coefficient (Wildman–Crippen LogP) is 1.65. The van der Waals surface area contributed by atoms with Crippen LogP contribution in [0.25, 0.3) is 0 Å². The number of phenolic OH excluding ortho intramolecular Hbond substituents is 1. The van der Waals surface area contributed by atoms with Crippen LogP contribution >= 0.6 is 0 Å². The van der Waals surface area contributed by atoms with Gasteiger partial charge in [-0.1, -0.05) is 44.7 Å². The van der Waals surface area contributed by atoms with Crippen LogP contribution in [0.3, 0.4) is 0 Å². The minimum absolute atomic E-state index is 0.0477. The molecular weight excluding hydrogens is 478 g/mol. The highest BCUT2D eigenvalue weighted by atomic mass is 16.3. The number of carbonyl (C=O) groups is 6. The smallest absolute Gasteiger partial charge is 0.235 e. The molecular formula is C28H31NO8. The summed E-state index contributed by atoms with van der Waals surface area (Å²) in [6.45, 7) is 1.78. The van der Waals surface area contributed by atoms with Crippen molar-refractivity contribution >= 4 is 34.8 Å². The Morgan fingerprint density at radius 3 is 2.38 bits per heavy atom. The molecule has 9 nitrogen and oxygen atoms in total. The number of primary amides is 1. The molecule has 0 aliphatic heterocycles. The van der Waals surface area contributed by atoms with Gasteiger partial charge in [-0.3, -0.25) is 28.8 Å². The lowest BCUT2D eigenvalue weighted by Gasteiger charge is -2.54. The fourth-order valence-electron chi connectivity index (χ4n) is 7.69. The van der Waals surface area contributed by atoms with E-state index < -0.39 is 76.6 Å². The number of ketones is 5. The van der Waals surface area contributed by atoms with E-state index in [0.717, 1.165) is 25.7 Å². The highest BCUT2D eigenvalue weighted by Crippen LogP contribution is 2.57. The van der Waals surface area contributed by atoms with Gasteiger partial charge in [-0.2, -0.15) is 0 Å². The number of Topliss-reactive ketones (excluding diaryl/α,β-unsaturated/α-hetero) is 5. The van der Waals surface area contributed by atoms with Crippen molar-refractivity contribution in [3.63, 3.8) is 0 Å². The number of hydrogen-bond acceptors (Lipinski definition) is 8. The molecule has 196 valence electrons. The lowest BCUT2D eigenvalue weighted by atomic mass is 9.47. The predicted molar refractivity (Wildman–Crippen MR) is 128 cm³/mol. The third-order valence-electron chi connectivity index (χ3n) is 9.38. The molecule has 9 heteroatoms. The number of aliphatic hydroxyl groups is 1. The van der Waals surface area contributed by atoms with Crippen molar-refractivity contribution in [2.75, 3.05) is 0 Å². The molecule has 1 amide bonds. The Morgan fingerprint density at radius 2 is 1.73 bits per heavy atom. The van der Waals surface area contributed by atoms with Crippen molar-refractivity contribution < 1.29 is 39.0 Å². The van der Waals surface area contributed by atoms with Gasteiger partial charge in [-0.05, 0) is 35.3 Å². The monoisotopic (exact) mass is 509 g/mol. The molecule has 7 atom stereocenters. The first-order valence-electron chi connectivity index (χ1n) is 13.0. The van der Waals surface area contributed by atoms with Crippen molar-refractivity contribution in [1.29, 1.82) is 0 Å². The van der Waals surface area contributed by atoms with Gasteiger partial charge in [0.05, 0.1) is 11.5 Å². The highest BCUT2D eigenvalue weighted by molar-refractivity contribution is 6.31. The highest BCUT2D eigenvalue weighted by Gasteiger charge is 2.69. The van der Waals surface area contributed by atoms with Crippen molar-refractivity contribution in [3.8, 4) is 5.75 Å². The second-order valence-electron chi connectivity index (χ2n) is 11.3. The molecule has 5 rings (SSSR count). The average molecular weight is 510 g/mol. The van der Waals surface area contributed by atoms with Gasteiger partial charge in [-0.15, -0.1) is 0 Å². The van der Waals surface area contributed by atoms with Gasteiger partial charge in [0.15, 0.2) is 34.7 Å². The zero-order chi connectivity index (χ0) is 26.8. The fourth-order valence-corrected chi connectivity index (χ4v) is 7.69. The minimum atomic E-state index is -2.80. The summed E-state index contributed by atoms with van der Waals surface area (Å²) in [5, 5.41) is 22.2. The molecule has 1 aromatic rings. The van der Waals surface area contributed by atoms with Crippen LogP contribution in [0.15, 0.2) is 18.2 Å². The number of carbonyl (C=O) groups excluding carboxylic acids is 6. The molecule has 0 spiro atoms. The van der Waals surface area contributed by atoms with E-state index in [1.807, 2.05) is 0 Å². The Bertz CT molecular complexity index is 1230. The average Bonchev–Trinajstić information content (AvgIpc) is 3.34. The van der Waals surface area contributed by atoms with Crippen molar-refractivity contribution in [1.82, 2.24) is 0 Å². The van der Waals surface area contributed by atoms with Crippen LogP contribution in [-0.2, 0) is 24.0 Å². The Kier molecular flexibility index (Phi) is 6.17.